The highest BCUT2D eigenvalue weighted by molar-refractivity contribution is 6.03. The van der Waals surface area contributed by atoms with Crippen molar-refractivity contribution in [3.05, 3.63) is 35.4 Å². The van der Waals surface area contributed by atoms with Gasteiger partial charge in [0.25, 0.3) is 11.8 Å². The molecule has 0 unspecified atom stereocenters. The molecule has 1 aliphatic heterocycles. The van der Waals surface area contributed by atoms with Gasteiger partial charge in [-0.2, -0.15) is 0 Å². The highest BCUT2D eigenvalue weighted by atomic mass is 16.5. The molecule has 2 aliphatic rings. The summed E-state index contributed by atoms with van der Waals surface area (Å²) in [5.74, 6) is 0.0928. The number of hydrogen-bond acceptors (Lipinski definition) is 3. The maximum atomic E-state index is 12.3. The second-order valence-electron chi connectivity index (χ2n) is 5.63. The number of ether oxygens (including phenoxy) is 1. The van der Waals surface area contributed by atoms with Crippen LogP contribution in [0.15, 0.2) is 29.8 Å². The van der Waals surface area contributed by atoms with Gasteiger partial charge in [0.1, 0.15) is 0 Å². The van der Waals surface area contributed by atoms with Crippen molar-refractivity contribution in [1.82, 2.24) is 5.32 Å². The minimum absolute atomic E-state index is 0.0514. The number of benzene rings is 1. The molecule has 2 amide bonds. The Hall–Kier alpha value is -2.30. The van der Waals surface area contributed by atoms with E-state index in [1.165, 1.54) is 18.4 Å². The van der Waals surface area contributed by atoms with E-state index in [1.807, 2.05) is 0 Å². The van der Waals surface area contributed by atoms with E-state index in [0.717, 1.165) is 19.3 Å². The molecule has 0 spiro atoms. The Morgan fingerprint density at radius 3 is 3.05 bits per heavy atom. The number of nitrogens with one attached hydrogen (secondary N) is 2. The van der Waals surface area contributed by atoms with E-state index in [2.05, 4.69) is 16.7 Å². The van der Waals surface area contributed by atoms with Gasteiger partial charge in [0.15, 0.2) is 12.4 Å². The van der Waals surface area contributed by atoms with Crippen LogP contribution in [-0.4, -0.2) is 25.0 Å². The monoisotopic (exact) mass is 300 g/mol. The fraction of sp³-hybridized carbons (Fsp3) is 0.412. The number of fused-ring (bicyclic) bond motifs is 1. The summed E-state index contributed by atoms with van der Waals surface area (Å²) in [5, 5.41) is 5.64. The van der Waals surface area contributed by atoms with Crippen molar-refractivity contribution in [3.8, 4) is 5.75 Å². The number of carbonyl (C=O) groups excluding carboxylic acids is 2. The molecular formula is C17H20N2O3. The van der Waals surface area contributed by atoms with Crippen LogP contribution >= 0.6 is 0 Å². The maximum Gasteiger partial charge on any atom is 0.262 e. The lowest BCUT2D eigenvalue weighted by Gasteiger charge is -2.20. The summed E-state index contributed by atoms with van der Waals surface area (Å²) in [6.45, 7) is 0.574. The van der Waals surface area contributed by atoms with Crippen LogP contribution in [0.2, 0.25) is 0 Å². The number of carbonyl (C=O) groups is 2. The summed E-state index contributed by atoms with van der Waals surface area (Å²) in [6.07, 6.45) is 8.01. The van der Waals surface area contributed by atoms with Crippen molar-refractivity contribution < 1.29 is 14.3 Å². The molecule has 22 heavy (non-hydrogen) atoms. The third kappa shape index (κ3) is 3.30. The van der Waals surface area contributed by atoms with Gasteiger partial charge in [0.2, 0.25) is 0 Å². The van der Waals surface area contributed by atoms with E-state index >= 15 is 0 Å². The first kappa shape index (κ1) is 14.6. The van der Waals surface area contributed by atoms with Gasteiger partial charge in [-0.15, -0.1) is 0 Å². The van der Waals surface area contributed by atoms with Crippen molar-refractivity contribution in [2.24, 2.45) is 0 Å². The van der Waals surface area contributed by atoms with Crippen molar-refractivity contribution in [2.45, 2.75) is 32.1 Å². The lowest BCUT2D eigenvalue weighted by Crippen LogP contribution is -2.29. The van der Waals surface area contributed by atoms with E-state index in [1.54, 1.807) is 18.2 Å². The largest absolute Gasteiger partial charge is 0.481 e. The van der Waals surface area contributed by atoms with E-state index in [-0.39, 0.29) is 18.4 Å². The second-order valence-corrected chi connectivity index (χ2v) is 5.63. The van der Waals surface area contributed by atoms with Gasteiger partial charge in [-0.3, -0.25) is 9.59 Å². The maximum absolute atomic E-state index is 12.3. The molecule has 0 fully saturated rings. The number of anilines is 1. The topological polar surface area (TPSA) is 67.4 Å². The third-order valence-electron chi connectivity index (χ3n) is 4.00. The SMILES string of the molecule is O=C1COc2c(cccc2C(=O)NCCC2=CCCCC2)N1. The average Bonchev–Trinajstić information content (AvgIpc) is 2.55. The quantitative estimate of drug-likeness (QED) is 0.840. The van der Waals surface area contributed by atoms with Gasteiger partial charge in [0, 0.05) is 6.54 Å². The Morgan fingerprint density at radius 1 is 1.32 bits per heavy atom. The van der Waals surface area contributed by atoms with E-state index in [0.29, 0.717) is 23.5 Å². The van der Waals surface area contributed by atoms with Crippen molar-refractivity contribution >= 4 is 17.5 Å². The molecule has 116 valence electrons. The van der Waals surface area contributed by atoms with Crippen molar-refractivity contribution in [2.75, 3.05) is 18.5 Å². The zero-order valence-electron chi connectivity index (χ0n) is 12.5. The molecule has 5 heteroatoms. The standard InChI is InChI=1S/C17H20N2O3/c20-15-11-22-16-13(7-4-8-14(16)19-15)17(21)18-10-9-12-5-2-1-3-6-12/h4-5,7-8H,1-3,6,9-11H2,(H,18,21)(H,19,20). The van der Waals surface area contributed by atoms with Crippen LogP contribution in [0.3, 0.4) is 0 Å². The summed E-state index contributed by atoms with van der Waals surface area (Å²) in [6, 6.07) is 5.19. The van der Waals surface area contributed by atoms with Gasteiger partial charge in [0.05, 0.1) is 11.3 Å². The van der Waals surface area contributed by atoms with Crippen LogP contribution in [0, 0.1) is 0 Å². The Kier molecular flexibility index (Phi) is 4.42. The molecule has 0 aromatic heterocycles. The van der Waals surface area contributed by atoms with Crippen LogP contribution in [0.5, 0.6) is 5.75 Å². The molecule has 0 atom stereocenters. The highest BCUT2D eigenvalue weighted by Crippen LogP contribution is 2.31. The fourth-order valence-corrected chi connectivity index (χ4v) is 2.86. The summed E-state index contributed by atoms with van der Waals surface area (Å²) in [4.78, 5) is 23.6. The van der Waals surface area contributed by atoms with Crippen LogP contribution < -0.4 is 15.4 Å². The number of allylic oxidation sites excluding steroid dienone is 1. The summed E-state index contributed by atoms with van der Waals surface area (Å²) < 4.78 is 5.40. The van der Waals surface area contributed by atoms with Crippen LogP contribution in [0.4, 0.5) is 5.69 Å². The Bertz CT molecular complexity index is 622. The molecular weight excluding hydrogens is 280 g/mol. The minimum Gasteiger partial charge on any atom is -0.481 e. The molecule has 1 heterocycles. The average molecular weight is 300 g/mol. The Balaban J connectivity index is 1.62. The zero-order valence-corrected chi connectivity index (χ0v) is 12.5. The van der Waals surface area contributed by atoms with Gasteiger partial charge in [-0.05, 0) is 44.2 Å². The molecule has 1 aromatic rings. The summed E-state index contributed by atoms with van der Waals surface area (Å²) in [5.41, 5.74) is 2.46. The normalized spacial score (nSPS) is 16.9. The second kappa shape index (κ2) is 6.64. The Morgan fingerprint density at radius 2 is 2.23 bits per heavy atom. The first-order valence-electron chi connectivity index (χ1n) is 7.76. The minimum atomic E-state index is -0.200. The van der Waals surface area contributed by atoms with Crippen molar-refractivity contribution in [3.63, 3.8) is 0 Å². The predicted molar refractivity (Wildman–Crippen MR) is 84.1 cm³/mol. The van der Waals surface area contributed by atoms with Crippen LogP contribution in [-0.2, 0) is 4.79 Å². The van der Waals surface area contributed by atoms with E-state index < -0.39 is 0 Å². The van der Waals surface area contributed by atoms with Crippen LogP contribution in [0.1, 0.15) is 42.5 Å². The molecule has 2 N–H and O–H groups in total. The first-order valence-corrected chi connectivity index (χ1v) is 7.76. The lowest BCUT2D eigenvalue weighted by atomic mass is 9.97. The Labute approximate surface area is 129 Å². The van der Waals surface area contributed by atoms with Gasteiger partial charge in [-0.1, -0.05) is 17.7 Å². The van der Waals surface area contributed by atoms with Gasteiger partial charge < -0.3 is 15.4 Å². The smallest absolute Gasteiger partial charge is 0.262 e. The predicted octanol–water partition coefficient (Wildman–Crippen LogP) is 2.64. The van der Waals surface area contributed by atoms with E-state index in [4.69, 9.17) is 4.74 Å². The lowest BCUT2D eigenvalue weighted by molar-refractivity contribution is -0.118. The van der Waals surface area contributed by atoms with Crippen LogP contribution in [0.25, 0.3) is 0 Å². The summed E-state index contributed by atoms with van der Waals surface area (Å²) in [7, 11) is 0. The molecule has 1 aromatic carbocycles. The molecule has 0 bridgehead atoms. The molecule has 5 nitrogen and oxygen atoms in total. The molecule has 1 aliphatic carbocycles. The number of amides is 2. The molecule has 0 saturated heterocycles. The summed E-state index contributed by atoms with van der Waals surface area (Å²) >= 11 is 0. The molecule has 0 radical (unpaired) electrons. The number of para-hydroxylation sites is 1. The van der Waals surface area contributed by atoms with Crippen molar-refractivity contribution in [1.29, 1.82) is 0 Å². The highest BCUT2D eigenvalue weighted by Gasteiger charge is 2.22. The third-order valence-corrected chi connectivity index (χ3v) is 4.00. The zero-order chi connectivity index (χ0) is 15.4. The van der Waals surface area contributed by atoms with Gasteiger partial charge in [-0.25, -0.2) is 0 Å². The van der Waals surface area contributed by atoms with E-state index in [9.17, 15) is 9.59 Å². The van der Waals surface area contributed by atoms with Gasteiger partial charge >= 0.3 is 0 Å². The number of hydrogen-bond donors (Lipinski definition) is 2. The fourth-order valence-electron chi connectivity index (χ4n) is 2.86. The number of rotatable bonds is 4. The molecule has 3 rings (SSSR count). The molecule has 0 saturated carbocycles. The first-order chi connectivity index (χ1) is 10.7.